The number of carbonyl (C=O) groups excluding carboxylic acids is 1. The zero-order chi connectivity index (χ0) is 28.4. The lowest BCUT2D eigenvalue weighted by Gasteiger charge is -2.30. The molecule has 1 amide bonds. The van der Waals surface area contributed by atoms with Crippen molar-refractivity contribution < 1.29 is 12.4 Å². The van der Waals surface area contributed by atoms with Crippen molar-refractivity contribution in [2.45, 2.75) is 78.8 Å². The van der Waals surface area contributed by atoms with E-state index in [1.54, 1.807) is 23.8 Å². The minimum atomic E-state index is 0. The Morgan fingerprint density at radius 3 is 2.54 bits per heavy atom. The summed E-state index contributed by atoms with van der Waals surface area (Å²) in [5, 5.41) is 0. The summed E-state index contributed by atoms with van der Waals surface area (Å²) in [4.78, 5) is 30.2. The maximum absolute atomic E-state index is 13.4. The van der Waals surface area contributed by atoms with Gasteiger partial charge in [0.1, 0.15) is 5.75 Å². The Bertz CT molecular complexity index is 1170. The van der Waals surface area contributed by atoms with Crippen LogP contribution in [0.5, 0.6) is 5.75 Å². The van der Waals surface area contributed by atoms with Gasteiger partial charge in [-0.25, -0.2) is 0 Å². The zero-order valence-electron chi connectivity index (χ0n) is 24.9. The second kappa shape index (κ2) is 15.1. The van der Waals surface area contributed by atoms with Crippen LogP contribution in [0, 0.1) is 12.3 Å². The number of ether oxygens (including phenoxy) is 1. The summed E-state index contributed by atoms with van der Waals surface area (Å²) in [6, 6.07) is 12.1. The molecule has 217 valence electrons. The number of benzene rings is 1. The second-order valence-corrected chi connectivity index (χ2v) is 10.5. The molecule has 1 fully saturated rings. The van der Waals surface area contributed by atoms with Gasteiger partial charge in [0, 0.05) is 65.2 Å². The number of methoxy groups -OCH3 is 1. The molecule has 0 N–H and O–H groups in total. The molecule has 0 spiro atoms. The van der Waals surface area contributed by atoms with Crippen LogP contribution < -0.4 is 10.3 Å². The number of hydrogen-bond acceptors (Lipinski definition) is 4. The van der Waals surface area contributed by atoms with Crippen LogP contribution in [0.4, 0.5) is 0 Å². The van der Waals surface area contributed by atoms with E-state index in [1.807, 2.05) is 31.0 Å². The highest BCUT2D eigenvalue weighted by Crippen LogP contribution is 2.42. The van der Waals surface area contributed by atoms with E-state index in [2.05, 4.69) is 56.4 Å². The standard InChI is InChI=1S/C31H42N3O3.C2H6.2H2/c1-5-7-17-32(16-6-2)31(36)22-34-21-27(25-13-14-26(24-11-12-24)29(20-25)37-4)23(3)28(34)15-19-33-18-9-8-10-30(33)35;1-2;;/h8-14,18,20,23,27-28H,5-7,15-17,19,21-22H2,1-4H3;1-2H3;2*1H/t23-,27+,28+;;;/m1.../s1. The van der Waals surface area contributed by atoms with Crippen molar-refractivity contribution in [1.29, 1.82) is 0 Å². The number of nitrogens with zero attached hydrogens (tertiary/aromatic N) is 3. The quantitative estimate of drug-likeness (QED) is 0.292. The van der Waals surface area contributed by atoms with Crippen LogP contribution in [0.25, 0.3) is 5.57 Å². The molecule has 6 heteroatoms. The van der Waals surface area contributed by atoms with E-state index in [0.717, 1.165) is 56.6 Å². The van der Waals surface area contributed by atoms with E-state index in [1.165, 1.54) is 11.1 Å². The molecule has 2 heterocycles. The average Bonchev–Trinajstić information content (AvgIpc) is 3.76. The van der Waals surface area contributed by atoms with Crippen molar-refractivity contribution >= 4 is 11.5 Å². The molecule has 0 bridgehead atoms. The fourth-order valence-electron chi connectivity index (χ4n) is 5.76. The summed E-state index contributed by atoms with van der Waals surface area (Å²) in [6.07, 6.45) is 9.97. The van der Waals surface area contributed by atoms with E-state index in [-0.39, 0.29) is 20.4 Å². The third-order valence-corrected chi connectivity index (χ3v) is 7.97. The lowest BCUT2D eigenvalue weighted by molar-refractivity contribution is -0.132. The molecule has 6 nitrogen and oxygen atoms in total. The summed E-state index contributed by atoms with van der Waals surface area (Å²) in [7, 11) is 1.73. The second-order valence-electron chi connectivity index (χ2n) is 10.5. The lowest BCUT2D eigenvalue weighted by Crippen LogP contribution is -2.44. The first-order chi connectivity index (χ1) is 19.0. The molecular weight excluding hydrogens is 486 g/mol. The fourth-order valence-corrected chi connectivity index (χ4v) is 5.76. The number of aryl methyl sites for hydroxylation is 1. The number of hydrogen-bond donors (Lipinski definition) is 0. The molecule has 1 aromatic heterocycles. The molecule has 1 saturated heterocycles. The third kappa shape index (κ3) is 7.84. The highest BCUT2D eigenvalue weighted by molar-refractivity contribution is 5.89. The van der Waals surface area contributed by atoms with Gasteiger partial charge in [-0.3, -0.25) is 14.5 Å². The Morgan fingerprint density at radius 1 is 1.13 bits per heavy atom. The third-order valence-electron chi connectivity index (χ3n) is 7.97. The molecule has 2 aliphatic rings. The Morgan fingerprint density at radius 2 is 1.90 bits per heavy atom. The van der Waals surface area contributed by atoms with E-state index < -0.39 is 0 Å². The first kappa shape index (κ1) is 30.7. The molecule has 0 unspecified atom stereocenters. The highest BCUT2D eigenvalue weighted by atomic mass is 16.5. The van der Waals surface area contributed by atoms with E-state index in [4.69, 9.17) is 4.74 Å². The van der Waals surface area contributed by atoms with Crippen LogP contribution >= 0.6 is 0 Å². The molecule has 1 aliphatic carbocycles. The van der Waals surface area contributed by atoms with Gasteiger partial charge in [-0.1, -0.05) is 65.3 Å². The molecular formula is C33H52N3O3. The summed E-state index contributed by atoms with van der Waals surface area (Å²) >= 11 is 0. The maximum atomic E-state index is 13.4. The summed E-state index contributed by atoms with van der Waals surface area (Å²) in [6.45, 7) is 14.1. The minimum absolute atomic E-state index is 0. The number of likely N-dealkylation sites (tertiary alicyclic amines) is 1. The first-order valence-electron chi connectivity index (χ1n) is 14.9. The van der Waals surface area contributed by atoms with Crippen molar-refractivity contribution in [2.24, 2.45) is 5.92 Å². The SMILES string of the molecule is CC.CCCCN(CCC)C(=O)CN1C[C@H](c2ccc(C3=C[CH]3)c(OC)c2)[C@@H](C)[C@@H]1CCn1ccccc1=O.[HH].[HH]. The van der Waals surface area contributed by atoms with Crippen LogP contribution in [-0.2, 0) is 11.3 Å². The van der Waals surface area contributed by atoms with Crippen molar-refractivity contribution in [2.75, 3.05) is 33.3 Å². The fraction of sp³-hybridized carbons (Fsp3) is 0.545. The van der Waals surface area contributed by atoms with Gasteiger partial charge >= 0.3 is 0 Å². The van der Waals surface area contributed by atoms with Crippen LogP contribution in [0.15, 0.2) is 53.5 Å². The van der Waals surface area contributed by atoms with Crippen molar-refractivity contribution in [3.63, 3.8) is 0 Å². The van der Waals surface area contributed by atoms with Crippen LogP contribution in [0.3, 0.4) is 0 Å². The number of allylic oxidation sites excluding steroid dienone is 2. The van der Waals surface area contributed by atoms with Crippen molar-refractivity contribution in [3.8, 4) is 5.75 Å². The van der Waals surface area contributed by atoms with Gasteiger partial charge in [-0.15, -0.1) is 0 Å². The van der Waals surface area contributed by atoms with Gasteiger partial charge in [-0.05, 0) is 48.4 Å². The summed E-state index contributed by atoms with van der Waals surface area (Å²) in [5.41, 5.74) is 3.63. The van der Waals surface area contributed by atoms with Crippen LogP contribution in [-0.4, -0.2) is 59.6 Å². The average molecular weight is 539 g/mol. The van der Waals surface area contributed by atoms with E-state index >= 15 is 0 Å². The Kier molecular flexibility index (Phi) is 11.9. The number of amides is 1. The molecule has 2 aromatic rings. The van der Waals surface area contributed by atoms with Crippen LogP contribution in [0.1, 0.15) is 80.2 Å². The number of unbranched alkanes of at least 4 members (excludes halogenated alkanes) is 1. The topological polar surface area (TPSA) is 54.8 Å². The molecule has 4 rings (SSSR count). The largest absolute Gasteiger partial charge is 0.496 e. The molecule has 0 saturated carbocycles. The van der Waals surface area contributed by atoms with Gasteiger partial charge in [0.2, 0.25) is 11.5 Å². The van der Waals surface area contributed by atoms with E-state index in [0.29, 0.717) is 24.9 Å². The van der Waals surface area contributed by atoms with Gasteiger partial charge in [-0.2, -0.15) is 0 Å². The number of rotatable bonds is 13. The van der Waals surface area contributed by atoms with Crippen molar-refractivity contribution in [3.05, 3.63) is 76.6 Å². The maximum Gasteiger partial charge on any atom is 0.250 e. The zero-order valence-corrected chi connectivity index (χ0v) is 24.9. The Balaban J connectivity index is 0.00000206. The molecule has 3 atom stereocenters. The Hall–Kier alpha value is -2.86. The van der Waals surface area contributed by atoms with Gasteiger partial charge in [0.05, 0.1) is 13.7 Å². The normalized spacial score (nSPS) is 20.2. The van der Waals surface area contributed by atoms with E-state index in [9.17, 15) is 9.59 Å². The van der Waals surface area contributed by atoms with Crippen molar-refractivity contribution in [1.82, 2.24) is 14.4 Å². The lowest BCUT2D eigenvalue weighted by atomic mass is 9.85. The van der Waals surface area contributed by atoms with Gasteiger partial charge < -0.3 is 14.2 Å². The predicted octanol–water partition coefficient (Wildman–Crippen LogP) is 6.51. The summed E-state index contributed by atoms with van der Waals surface area (Å²) in [5.74, 6) is 1.75. The Labute approximate surface area is 238 Å². The molecule has 39 heavy (non-hydrogen) atoms. The first-order valence-corrected chi connectivity index (χ1v) is 14.9. The minimum Gasteiger partial charge on any atom is -0.496 e. The van der Waals surface area contributed by atoms with Crippen LogP contribution in [0.2, 0.25) is 0 Å². The molecule has 1 radical (unpaired) electrons. The number of carbonyl (C=O) groups is 1. The molecule has 1 aromatic carbocycles. The summed E-state index contributed by atoms with van der Waals surface area (Å²) < 4.78 is 7.52. The monoisotopic (exact) mass is 538 g/mol. The van der Waals surface area contributed by atoms with Gasteiger partial charge in [0.25, 0.3) is 0 Å². The number of aromatic nitrogens is 1. The predicted molar refractivity (Wildman–Crippen MR) is 165 cm³/mol. The smallest absolute Gasteiger partial charge is 0.250 e. The number of pyridine rings is 1. The highest BCUT2D eigenvalue weighted by Gasteiger charge is 2.40. The van der Waals surface area contributed by atoms with Gasteiger partial charge in [0.15, 0.2) is 0 Å². The molecule has 1 aliphatic heterocycles.